The highest BCUT2D eigenvalue weighted by atomic mass is 16.7. The summed E-state index contributed by atoms with van der Waals surface area (Å²) in [7, 11) is 0. The van der Waals surface area contributed by atoms with Crippen molar-refractivity contribution in [2.75, 3.05) is 13.2 Å². The van der Waals surface area contributed by atoms with E-state index in [-0.39, 0.29) is 19.4 Å². The number of aliphatic hydroxyl groups excluding tert-OH is 5. The average molecular weight is 946 g/mol. The smallest absolute Gasteiger partial charge is 0.306 e. The minimum absolute atomic E-state index is 0.0992. The Hall–Kier alpha value is -2.64. The van der Waals surface area contributed by atoms with Gasteiger partial charge < -0.3 is 45.1 Å². The van der Waals surface area contributed by atoms with Gasteiger partial charge in [-0.2, -0.15) is 0 Å². The number of hydrogen-bond acceptors (Lipinski definition) is 10. The van der Waals surface area contributed by atoms with E-state index < -0.39 is 67.4 Å². The number of carbonyl (C=O) groups is 2. The zero-order valence-corrected chi connectivity index (χ0v) is 42.5. The van der Waals surface area contributed by atoms with Gasteiger partial charge in [0.2, 0.25) is 5.91 Å². The maximum Gasteiger partial charge on any atom is 0.306 e. The van der Waals surface area contributed by atoms with Gasteiger partial charge in [-0.25, -0.2) is 0 Å². The van der Waals surface area contributed by atoms with E-state index in [1.54, 1.807) is 6.08 Å². The Bertz CT molecular complexity index is 1320. The Balaban J connectivity index is 2.80. The first-order valence-corrected chi connectivity index (χ1v) is 27.1. The predicted octanol–water partition coefficient (Wildman–Crippen LogP) is 11.5. The maximum absolute atomic E-state index is 13.3. The standard InChI is InChI=1S/C56H99NO10/c1-4-7-10-13-16-19-22-25-28-30-33-36-39-42-48(59)47(57-55(64)49(60)43-40-37-34-31-27-24-21-18-15-12-9-6-3)46-65-56-54(53(63)52(62)50(45-58)66-56)67-51(61)44-41-38-35-32-29-26-23-20-17-14-11-8-5-2/h9,12,15,18,21,24,26,29,39,42,47-50,52-54,56,58-60,62-63H,4-8,10-11,13-14,16-17,19-20,22-23,25,27-28,30-38,40-41,43-46H2,1-3H3,(H,57,64)/b12-9+,18-15+,24-21-,29-26-,42-39+. The van der Waals surface area contributed by atoms with Crippen LogP contribution in [-0.4, -0.2) is 99.6 Å². The van der Waals surface area contributed by atoms with Crippen LogP contribution in [0.2, 0.25) is 0 Å². The summed E-state index contributed by atoms with van der Waals surface area (Å²) < 4.78 is 17.5. The molecule has 0 aromatic heterocycles. The molecule has 6 N–H and O–H groups in total. The topological polar surface area (TPSA) is 175 Å². The number of esters is 1. The first kappa shape index (κ1) is 62.4. The van der Waals surface area contributed by atoms with E-state index in [9.17, 15) is 35.1 Å². The largest absolute Gasteiger partial charge is 0.454 e. The fourth-order valence-electron chi connectivity index (χ4n) is 8.11. The molecule has 1 heterocycles. The van der Waals surface area contributed by atoms with Crippen molar-refractivity contribution in [2.45, 2.75) is 269 Å². The second-order valence-electron chi connectivity index (χ2n) is 18.6. The van der Waals surface area contributed by atoms with Gasteiger partial charge in [0.1, 0.15) is 24.4 Å². The SMILES string of the molecule is CC/C=C/C=C/C=C\CCCCCCC(O)C(=O)NC(COC1OC(CO)C(O)C(O)C1OC(=O)CCCCC/C=C\CCCCCCCC)C(O)/C=C/CCCCCCCCCCCCC. The summed E-state index contributed by atoms with van der Waals surface area (Å²) >= 11 is 0. The Kier molecular flexibility index (Phi) is 41.5. The Labute approximate surface area is 408 Å². The summed E-state index contributed by atoms with van der Waals surface area (Å²) in [6, 6.07) is -1.04. The van der Waals surface area contributed by atoms with Gasteiger partial charge in [0.05, 0.1) is 25.4 Å². The van der Waals surface area contributed by atoms with Crippen molar-refractivity contribution in [3.05, 3.63) is 60.8 Å². The highest BCUT2D eigenvalue weighted by Crippen LogP contribution is 2.26. The molecule has 1 aliphatic rings. The summed E-state index contributed by atoms with van der Waals surface area (Å²) in [5.41, 5.74) is 0. The number of allylic oxidation sites excluding steroid dienone is 9. The average Bonchev–Trinajstić information content (AvgIpc) is 3.32. The van der Waals surface area contributed by atoms with Crippen LogP contribution in [0.1, 0.15) is 220 Å². The second kappa shape index (κ2) is 44.6. The van der Waals surface area contributed by atoms with Crippen LogP contribution < -0.4 is 5.32 Å². The molecule has 11 nitrogen and oxygen atoms in total. The van der Waals surface area contributed by atoms with Gasteiger partial charge in [0, 0.05) is 6.42 Å². The summed E-state index contributed by atoms with van der Waals surface area (Å²) in [4.78, 5) is 26.3. The van der Waals surface area contributed by atoms with E-state index >= 15 is 0 Å². The quantitative estimate of drug-likeness (QED) is 0.0149. The van der Waals surface area contributed by atoms with Crippen molar-refractivity contribution in [1.82, 2.24) is 5.32 Å². The zero-order chi connectivity index (χ0) is 49.0. The molecule has 0 radical (unpaired) electrons. The number of carbonyl (C=O) groups excluding carboxylic acids is 2. The minimum atomic E-state index is -1.62. The molecule has 8 atom stereocenters. The van der Waals surface area contributed by atoms with Crippen LogP contribution in [-0.2, 0) is 23.8 Å². The van der Waals surface area contributed by atoms with Crippen molar-refractivity contribution < 1.29 is 49.3 Å². The third kappa shape index (κ3) is 33.5. The summed E-state index contributed by atoms with van der Waals surface area (Å²) in [6.07, 6.45) is 42.7. The van der Waals surface area contributed by atoms with Crippen molar-refractivity contribution in [3.8, 4) is 0 Å². The molecule has 1 amide bonds. The van der Waals surface area contributed by atoms with Crippen LogP contribution in [0.15, 0.2) is 60.8 Å². The van der Waals surface area contributed by atoms with E-state index in [0.29, 0.717) is 12.8 Å². The normalized spacial score (nSPS) is 20.5. The number of ether oxygens (including phenoxy) is 3. The first-order valence-electron chi connectivity index (χ1n) is 27.1. The Morgan fingerprint density at radius 2 is 1.09 bits per heavy atom. The van der Waals surface area contributed by atoms with Crippen molar-refractivity contribution in [3.63, 3.8) is 0 Å². The van der Waals surface area contributed by atoms with Crippen LogP contribution in [0.5, 0.6) is 0 Å². The van der Waals surface area contributed by atoms with Crippen molar-refractivity contribution >= 4 is 11.9 Å². The number of nitrogens with one attached hydrogen (secondary N) is 1. The first-order chi connectivity index (χ1) is 32.7. The third-order valence-corrected chi connectivity index (χ3v) is 12.5. The van der Waals surface area contributed by atoms with Crippen LogP contribution in [0.3, 0.4) is 0 Å². The highest BCUT2D eigenvalue weighted by molar-refractivity contribution is 5.80. The van der Waals surface area contributed by atoms with Gasteiger partial charge in [-0.15, -0.1) is 0 Å². The molecule has 1 aliphatic heterocycles. The monoisotopic (exact) mass is 946 g/mol. The lowest BCUT2D eigenvalue weighted by Gasteiger charge is -2.41. The lowest BCUT2D eigenvalue weighted by atomic mass is 9.99. The fraction of sp³-hybridized carbons (Fsp3) is 0.786. The Morgan fingerprint density at radius 3 is 1.64 bits per heavy atom. The third-order valence-electron chi connectivity index (χ3n) is 12.5. The molecular formula is C56H99NO10. The van der Waals surface area contributed by atoms with Crippen LogP contribution in [0, 0.1) is 0 Å². The van der Waals surface area contributed by atoms with Gasteiger partial charge in [-0.1, -0.05) is 204 Å². The molecule has 0 aromatic carbocycles. The molecular weight excluding hydrogens is 847 g/mol. The molecule has 0 bridgehead atoms. The van der Waals surface area contributed by atoms with Crippen molar-refractivity contribution in [2.24, 2.45) is 0 Å². The van der Waals surface area contributed by atoms with E-state index in [4.69, 9.17) is 14.2 Å². The number of amides is 1. The molecule has 0 saturated carbocycles. The zero-order valence-electron chi connectivity index (χ0n) is 42.5. The van der Waals surface area contributed by atoms with Crippen LogP contribution in [0.4, 0.5) is 0 Å². The number of rotatable bonds is 44. The molecule has 8 unspecified atom stereocenters. The molecule has 67 heavy (non-hydrogen) atoms. The lowest BCUT2D eigenvalue weighted by molar-refractivity contribution is -0.305. The molecule has 0 aromatic rings. The Morgan fingerprint density at radius 1 is 0.597 bits per heavy atom. The molecule has 0 spiro atoms. The molecule has 388 valence electrons. The van der Waals surface area contributed by atoms with Gasteiger partial charge in [0.15, 0.2) is 12.4 Å². The summed E-state index contributed by atoms with van der Waals surface area (Å²) in [6.45, 7) is 5.59. The van der Waals surface area contributed by atoms with E-state index in [0.717, 1.165) is 77.0 Å². The molecule has 1 fully saturated rings. The van der Waals surface area contributed by atoms with Crippen molar-refractivity contribution in [1.29, 1.82) is 0 Å². The van der Waals surface area contributed by atoms with Gasteiger partial charge in [0.25, 0.3) is 0 Å². The van der Waals surface area contributed by atoms with Gasteiger partial charge >= 0.3 is 5.97 Å². The minimum Gasteiger partial charge on any atom is -0.454 e. The number of hydrogen-bond donors (Lipinski definition) is 6. The molecule has 11 heteroatoms. The van der Waals surface area contributed by atoms with Gasteiger partial charge in [-0.05, 0) is 70.6 Å². The molecule has 0 aliphatic carbocycles. The number of unbranched alkanes of at least 4 members (excludes halogenated alkanes) is 24. The van der Waals surface area contributed by atoms with E-state index in [1.807, 2.05) is 30.4 Å². The van der Waals surface area contributed by atoms with E-state index in [1.165, 1.54) is 96.3 Å². The van der Waals surface area contributed by atoms with E-state index in [2.05, 4.69) is 50.4 Å². The number of aliphatic hydroxyl groups is 5. The molecule has 1 rings (SSSR count). The highest BCUT2D eigenvalue weighted by Gasteiger charge is 2.47. The predicted molar refractivity (Wildman–Crippen MR) is 273 cm³/mol. The van der Waals surface area contributed by atoms with Gasteiger partial charge in [-0.3, -0.25) is 9.59 Å². The summed E-state index contributed by atoms with van der Waals surface area (Å²) in [5, 5.41) is 56.6. The van der Waals surface area contributed by atoms with Crippen LogP contribution in [0.25, 0.3) is 0 Å². The lowest BCUT2D eigenvalue weighted by Crippen LogP contribution is -2.61. The summed E-state index contributed by atoms with van der Waals surface area (Å²) in [5.74, 6) is -1.24. The second-order valence-corrected chi connectivity index (χ2v) is 18.6. The van der Waals surface area contributed by atoms with Crippen LogP contribution >= 0.6 is 0 Å². The fourth-order valence-corrected chi connectivity index (χ4v) is 8.11. The maximum atomic E-state index is 13.3. The molecule has 1 saturated heterocycles.